The molecular weight excluding hydrogens is 457 g/mol. The normalized spacial score (nSPS) is 22.2. The van der Waals surface area contributed by atoms with Crippen molar-refractivity contribution in [3.63, 3.8) is 0 Å². The molecule has 0 saturated heterocycles. The summed E-state index contributed by atoms with van der Waals surface area (Å²) in [6, 6.07) is 11.3. The van der Waals surface area contributed by atoms with Crippen molar-refractivity contribution < 1.29 is 4.21 Å². The molecule has 1 aromatic carbocycles. The number of halogens is 1. The van der Waals surface area contributed by atoms with E-state index in [0.717, 1.165) is 18.8 Å². The molecule has 0 radical (unpaired) electrons. The third-order valence-corrected chi connectivity index (χ3v) is 6.77. The largest absolute Gasteiger partial charge is 0.355 e. The zero-order chi connectivity index (χ0) is 18.3. The van der Waals surface area contributed by atoms with Gasteiger partial charge in [0.2, 0.25) is 0 Å². The van der Waals surface area contributed by atoms with Crippen molar-refractivity contribution in [2.75, 3.05) is 19.3 Å². The van der Waals surface area contributed by atoms with E-state index in [1.165, 1.54) is 18.4 Å². The minimum atomic E-state index is -0.834. The van der Waals surface area contributed by atoms with Gasteiger partial charge in [0, 0.05) is 40.9 Å². The highest BCUT2D eigenvalue weighted by Crippen LogP contribution is 2.32. The summed E-state index contributed by atoms with van der Waals surface area (Å²) in [7, 11) is 0.964. The van der Waals surface area contributed by atoms with Gasteiger partial charge < -0.3 is 10.6 Å². The number of aliphatic imine (C=N–C) groups is 1. The van der Waals surface area contributed by atoms with E-state index in [9.17, 15) is 4.21 Å². The minimum absolute atomic E-state index is 0. The second kappa shape index (κ2) is 11.3. The Hall–Kier alpha value is -0.630. The maximum absolute atomic E-state index is 12.1. The Kier molecular flexibility index (Phi) is 10.1. The van der Waals surface area contributed by atoms with Gasteiger partial charge in [-0.05, 0) is 57.9 Å². The molecule has 2 rings (SSSR count). The van der Waals surface area contributed by atoms with Crippen LogP contribution >= 0.6 is 24.0 Å². The van der Waals surface area contributed by atoms with Crippen LogP contribution in [0.4, 0.5) is 0 Å². The summed E-state index contributed by atoms with van der Waals surface area (Å²) in [5, 5.41) is 6.84. The standard InChI is InChI=1S/C20H33N3OS.HI/c1-20(2,3)25(24)15-14-22-19(21-4)23-18-12-10-17(11-13-18)16-8-6-5-7-9-16;/h5-9,17-18H,10-15H2,1-4H3,(H2,21,22,23);1H. The smallest absolute Gasteiger partial charge is 0.191 e. The van der Waals surface area contributed by atoms with E-state index in [1.807, 2.05) is 20.8 Å². The van der Waals surface area contributed by atoms with Crippen molar-refractivity contribution in [2.24, 2.45) is 4.99 Å². The number of rotatable bonds is 5. The van der Waals surface area contributed by atoms with Crippen molar-refractivity contribution in [2.45, 2.75) is 63.2 Å². The van der Waals surface area contributed by atoms with Gasteiger partial charge in [-0.1, -0.05) is 30.3 Å². The van der Waals surface area contributed by atoms with Crippen molar-refractivity contribution in [1.29, 1.82) is 0 Å². The lowest BCUT2D eigenvalue weighted by atomic mass is 9.82. The van der Waals surface area contributed by atoms with Gasteiger partial charge in [0.25, 0.3) is 0 Å². The van der Waals surface area contributed by atoms with Crippen LogP contribution in [0, 0.1) is 0 Å². The summed E-state index contributed by atoms with van der Waals surface area (Å²) in [6.45, 7) is 6.73. The Labute approximate surface area is 178 Å². The molecule has 1 fully saturated rings. The number of guanidine groups is 1. The van der Waals surface area contributed by atoms with E-state index in [1.54, 1.807) is 7.05 Å². The van der Waals surface area contributed by atoms with Crippen molar-refractivity contribution in [3.8, 4) is 0 Å². The molecule has 0 heterocycles. The highest BCUT2D eigenvalue weighted by molar-refractivity contribution is 14.0. The average molecular weight is 491 g/mol. The Morgan fingerprint density at radius 3 is 2.31 bits per heavy atom. The second-order valence-electron chi connectivity index (χ2n) is 7.76. The lowest BCUT2D eigenvalue weighted by molar-refractivity contribution is 0.371. The number of hydrogen-bond donors (Lipinski definition) is 2. The SMILES string of the molecule is CN=C(NCCS(=O)C(C)(C)C)NC1CCC(c2ccccc2)CC1.I. The first-order chi connectivity index (χ1) is 11.9. The van der Waals surface area contributed by atoms with Gasteiger partial charge in [-0.3, -0.25) is 9.20 Å². The van der Waals surface area contributed by atoms with Crippen LogP contribution in [-0.2, 0) is 10.8 Å². The van der Waals surface area contributed by atoms with Crippen molar-refractivity contribution in [3.05, 3.63) is 35.9 Å². The molecule has 1 aromatic rings. The van der Waals surface area contributed by atoms with Gasteiger partial charge in [-0.2, -0.15) is 0 Å². The molecule has 0 aromatic heterocycles. The molecule has 2 N–H and O–H groups in total. The molecule has 0 bridgehead atoms. The van der Waals surface area contributed by atoms with Crippen molar-refractivity contribution in [1.82, 2.24) is 10.6 Å². The van der Waals surface area contributed by atoms with E-state index in [-0.39, 0.29) is 28.7 Å². The third-order valence-electron chi connectivity index (χ3n) is 4.83. The molecule has 1 atom stereocenters. The average Bonchev–Trinajstić information content (AvgIpc) is 2.61. The first-order valence-electron chi connectivity index (χ1n) is 9.30. The molecular formula is C20H34IN3OS. The molecule has 1 unspecified atom stereocenters. The summed E-state index contributed by atoms with van der Waals surface area (Å²) in [5.41, 5.74) is 1.47. The van der Waals surface area contributed by atoms with Crippen LogP contribution in [0.25, 0.3) is 0 Å². The molecule has 148 valence electrons. The monoisotopic (exact) mass is 491 g/mol. The van der Waals surface area contributed by atoms with Crippen LogP contribution in [0.15, 0.2) is 35.3 Å². The van der Waals surface area contributed by atoms with Crippen LogP contribution in [0.2, 0.25) is 0 Å². The van der Waals surface area contributed by atoms with Gasteiger partial charge in [0.15, 0.2) is 5.96 Å². The van der Waals surface area contributed by atoms with Gasteiger partial charge >= 0.3 is 0 Å². The summed E-state index contributed by atoms with van der Waals surface area (Å²) < 4.78 is 11.9. The highest BCUT2D eigenvalue weighted by Gasteiger charge is 2.23. The predicted octanol–water partition coefficient (Wildman–Crippen LogP) is 4.04. The van der Waals surface area contributed by atoms with Crippen LogP contribution in [0.1, 0.15) is 57.9 Å². The molecule has 0 amide bonds. The predicted molar refractivity (Wildman–Crippen MR) is 124 cm³/mol. The second-order valence-corrected chi connectivity index (χ2v) is 10.1. The fourth-order valence-corrected chi connectivity index (χ4v) is 4.15. The molecule has 26 heavy (non-hydrogen) atoms. The Morgan fingerprint density at radius 1 is 1.15 bits per heavy atom. The molecule has 1 saturated carbocycles. The van der Waals surface area contributed by atoms with Gasteiger partial charge in [0.1, 0.15) is 0 Å². The first-order valence-corrected chi connectivity index (χ1v) is 10.6. The lowest BCUT2D eigenvalue weighted by Gasteiger charge is -2.30. The van der Waals surface area contributed by atoms with E-state index in [4.69, 9.17) is 0 Å². The summed E-state index contributed by atoms with van der Waals surface area (Å²) in [5.74, 6) is 2.16. The number of hydrogen-bond acceptors (Lipinski definition) is 2. The highest BCUT2D eigenvalue weighted by atomic mass is 127. The van der Waals surface area contributed by atoms with E-state index < -0.39 is 10.8 Å². The van der Waals surface area contributed by atoms with E-state index in [0.29, 0.717) is 24.3 Å². The molecule has 0 spiro atoms. The number of nitrogens with zero attached hydrogens (tertiary/aromatic N) is 1. The van der Waals surface area contributed by atoms with Gasteiger partial charge in [0.05, 0.1) is 0 Å². The van der Waals surface area contributed by atoms with E-state index >= 15 is 0 Å². The summed E-state index contributed by atoms with van der Waals surface area (Å²) >= 11 is 0. The zero-order valence-corrected chi connectivity index (χ0v) is 19.6. The molecule has 0 aliphatic heterocycles. The van der Waals surface area contributed by atoms with Crippen LogP contribution in [0.3, 0.4) is 0 Å². The van der Waals surface area contributed by atoms with Crippen LogP contribution in [-0.4, -0.2) is 40.3 Å². The van der Waals surface area contributed by atoms with Gasteiger partial charge in [-0.15, -0.1) is 24.0 Å². The summed E-state index contributed by atoms with van der Waals surface area (Å²) in [4.78, 5) is 4.31. The van der Waals surface area contributed by atoms with E-state index in [2.05, 4.69) is 46.0 Å². The Bertz CT molecular complexity index is 578. The fourth-order valence-electron chi connectivity index (χ4n) is 3.25. The number of benzene rings is 1. The molecule has 4 nitrogen and oxygen atoms in total. The Morgan fingerprint density at radius 2 is 1.77 bits per heavy atom. The molecule has 1 aliphatic rings. The van der Waals surface area contributed by atoms with Crippen molar-refractivity contribution >= 4 is 40.7 Å². The van der Waals surface area contributed by atoms with Crippen LogP contribution < -0.4 is 10.6 Å². The minimum Gasteiger partial charge on any atom is -0.355 e. The summed E-state index contributed by atoms with van der Waals surface area (Å²) in [6.07, 6.45) is 4.75. The first kappa shape index (κ1) is 23.4. The molecule has 1 aliphatic carbocycles. The lowest BCUT2D eigenvalue weighted by Crippen LogP contribution is -2.46. The maximum atomic E-state index is 12.1. The maximum Gasteiger partial charge on any atom is 0.191 e. The topological polar surface area (TPSA) is 53.5 Å². The number of nitrogens with one attached hydrogen (secondary N) is 2. The fraction of sp³-hybridized carbons (Fsp3) is 0.650. The third kappa shape index (κ3) is 7.55. The van der Waals surface area contributed by atoms with Gasteiger partial charge in [-0.25, -0.2) is 0 Å². The quantitative estimate of drug-likeness (QED) is 0.372. The molecule has 6 heteroatoms. The van der Waals surface area contributed by atoms with Crippen LogP contribution in [0.5, 0.6) is 0 Å². The zero-order valence-electron chi connectivity index (χ0n) is 16.5. The Balaban J connectivity index is 0.00000338.